The quantitative estimate of drug-likeness (QED) is 0.913. The summed E-state index contributed by atoms with van der Waals surface area (Å²) in [5.41, 5.74) is 0. The fourth-order valence-corrected chi connectivity index (χ4v) is 3.78. The maximum Gasteiger partial charge on any atom is 0.317 e. The molecule has 0 radical (unpaired) electrons. The molecule has 1 aromatic carbocycles. The molecule has 5 nitrogen and oxygen atoms in total. The lowest BCUT2D eigenvalue weighted by molar-refractivity contribution is -0.141. The first-order valence-electron chi connectivity index (χ1n) is 7.31. The number of carbonyl (C=O) groups is 2. The van der Waals surface area contributed by atoms with Crippen molar-refractivity contribution in [1.29, 1.82) is 0 Å². The molecule has 3 rings (SSSR count). The predicted molar refractivity (Wildman–Crippen MR) is 86.1 cm³/mol. The van der Waals surface area contributed by atoms with Gasteiger partial charge in [-0.3, -0.25) is 4.79 Å². The predicted octanol–water partition coefficient (Wildman–Crippen LogP) is 3.08. The topological polar surface area (TPSA) is 69.6 Å². The van der Waals surface area contributed by atoms with Crippen LogP contribution in [0.4, 0.5) is 4.79 Å². The van der Waals surface area contributed by atoms with Crippen molar-refractivity contribution in [2.24, 2.45) is 5.92 Å². The summed E-state index contributed by atoms with van der Waals surface area (Å²) in [6.07, 6.45) is 0.528. The number of nitrogens with one attached hydrogen (secondary N) is 1. The van der Waals surface area contributed by atoms with E-state index in [9.17, 15) is 9.59 Å². The van der Waals surface area contributed by atoms with Gasteiger partial charge in [-0.05, 0) is 30.9 Å². The van der Waals surface area contributed by atoms with Crippen molar-refractivity contribution < 1.29 is 14.7 Å². The molecule has 6 heteroatoms. The minimum Gasteiger partial charge on any atom is -0.481 e. The Labute approximate surface area is 132 Å². The van der Waals surface area contributed by atoms with Crippen molar-refractivity contribution in [3.63, 3.8) is 0 Å². The van der Waals surface area contributed by atoms with Crippen molar-refractivity contribution in [2.75, 3.05) is 13.1 Å². The Morgan fingerprint density at radius 2 is 2.18 bits per heavy atom. The van der Waals surface area contributed by atoms with Gasteiger partial charge in [0.25, 0.3) is 0 Å². The maximum absolute atomic E-state index is 12.2. The van der Waals surface area contributed by atoms with Crippen molar-refractivity contribution in [1.82, 2.24) is 10.2 Å². The third kappa shape index (κ3) is 2.92. The van der Waals surface area contributed by atoms with Crippen molar-refractivity contribution in [3.05, 3.63) is 35.2 Å². The second-order valence-corrected chi connectivity index (χ2v) is 6.74. The molecule has 1 aliphatic heterocycles. The highest BCUT2D eigenvalue weighted by molar-refractivity contribution is 7.19. The van der Waals surface area contributed by atoms with Gasteiger partial charge in [0.15, 0.2) is 0 Å². The van der Waals surface area contributed by atoms with Crippen LogP contribution >= 0.6 is 11.3 Å². The van der Waals surface area contributed by atoms with Gasteiger partial charge in [0, 0.05) is 22.7 Å². The summed E-state index contributed by atoms with van der Waals surface area (Å²) < 4.78 is 1.20. The number of hydrogen-bond donors (Lipinski definition) is 2. The highest BCUT2D eigenvalue weighted by Gasteiger charge is 2.31. The molecule has 2 amide bonds. The smallest absolute Gasteiger partial charge is 0.317 e. The summed E-state index contributed by atoms with van der Waals surface area (Å²) in [4.78, 5) is 25.9. The first-order valence-corrected chi connectivity index (χ1v) is 8.13. The first kappa shape index (κ1) is 14.8. The fourth-order valence-electron chi connectivity index (χ4n) is 2.71. The number of nitrogens with zero attached hydrogens (tertiary/aromatic N) is 1. The molecular formula is C16H18N2O3S. The van der Waals surface area contributed by atoms with Crippen LogP contribution in [-0.4, -0.2) is 35.1 Å². The Morgan fingerprint density at radius 3 is 2.86 bits per heavy atom. The zero-order valence-corrected chi connectivity index (χ0v) is 13.1. The number of urea groups is 1. The van der Waals surface area contributed by atoms with E-state index in [4.69, 9.17) is 5.11 Å². The number of carboxylic acids is 1. The molecule has 22 heavy (non-hydrogen) atoms. The molecule has 116 valence electrons. The first-order chi connectivity index (χ1) is 10.5. The third-order valence-corrected chi connectivity index (χ3v) is 5.33. The summed E-state index contributed by atoms with van der Waals surface area (Å²) in [6.45, 7) is 2.75. The van der Waals surface area contributed by atoms with E-state index >= 15 is 0 Å². The van der Waals surface area contributed by atoms with Gasteiger partial charge in [0.2, 0.25) is 0 Å². The van der Waals surface area contributed by atoms with Crippen molar-refractivity contribution >= 4 is 33.4 Å². The molecule has 0 spiro atoms. The molecule has 0 saturated carbocycles. The van der Waals surface area contributed by atoms with Crippen LogP contribution in [0.5, 0.6) is 0 Å². The molecule has 1 saturated heterocycles. The van der Waals surface area contributed by atoms with Gasteiger partial charge in [-0.1, -0.05) is 18.2 Å². The van der Waals surface area contributed by atoms with E-state index < -0.39 is 11.9 Å². The minimum absolute atomic E-state index is 0.0891. The van der Waals surface area contributed by atoms with E-state index in [1.54, 1.807) is 16.2 Å². The van der Waals surface area contributed by atoms with Crippen LogP contribution in [0.1, 0.15) is 24.3 Å². The molecule has 1 fully saturated rings. The summed E-state index contributed by atoms with van der Waals surface area (Å²) in [5, 5.41) is 13.1. The third-order valence-electron chi connectivity index (χ3n) is 4.04. The van der Waals surface area contributed by atoms with E-state index in [0.717, 1.165) is 4.88 Å². The standard InChI is InChI=1S/C16H18N2O3S/c1-10(14-8-11-4-2-3-5-13(11)22-14)17-16(21)18-7-6-12(9-18)15(19)20/h2-5,8,10,12H,6-7,9H2,1H3,(H,17,21)(H,19,20). The van der Waals surface area contributed by atoms with Crippen LogP contribution in [0.25, 0.3) is 10.1 Å². The van der Waals surface area contributed by atoms with Gasteiger partial charge >= 0.3 is 12.0 Å². The highest BCUT2D eigenvalue weighted by Crippen LogP contribution is 2.29. The summed E-state index contributed by atoms with van der Waals surface area (Å²) >= 11 is 1.67. The van der Waals surface area contributed by atoms with Gasteiger partial charge in [0.05, 0.1) is 12.0 Å². The summed E-state index contributed by atoms with van der Waals surface area (Å²) in [5.74, 6) is -1.27. The molecule has 2 heterocycles. The number of rotatable bonds is 3. The Bertz CT molecular complexity index is 679. The SMILES string of the molecule is CC(NC(=O)N1CCC(C(=O)O)C1)c1cc2ccccc2s1. The lowest BCUT2D eigenvalue weighted by Gasteiger charge is -2.20. The number of thiophene rings is 1. The number of likely N-dealkylation sites (tertiary alicyclic amines) is 1. The number of fused-ring (bicyclic) bond motifs is 1. The van der Waals surface area contributed by atoms with Gasteiger partial charge in [-0.2, -0.15) is 0 Å². The molecule has 2 N–H and O–H groups in total. The molecule has 0 bridgehead atoms. The van der Waals surface area contributed by atoms with E-state index in [2.05, 4.69) is 23.5 Å². The highest BCUT2D eigenvalue weighted by atomic mass is 32.1. The zero-order valence-electron chi connectivity index (χ0n) is 12.3. The normalized spacial score (nSPS) is 19.3. The molecule has 2 aromatic rings. The van der Waals surface area contributed by atoms with Crippen LogP contribution in [0.15, 0.2) is 30.3 Å². The van der Waals surface area contributed by atoms with E-state index in [-0.39, 0.29) is 12.1 Å². The lowest BCUT2D eigenvalue weighted by atomic mass is 10.1. The zero-order chi connectivity index (χ0) is 15.7. The number of benzene rings is 1. The Hall–Kier alpha value is -2.08. The van der Waals surface area contributed by atoms with Crippen LogP contribution < -0.4 is 5.32 Å². The molecule has 1 aromatic heterocycles. The Morgan fingerprint density at radius 1 is 1.41 bits per heavy atom. The van der Waals surface area contributed by atoms with Crippen molar-refractivity contribution in [3.8, 4) is 0 Å². The fraction of sp³-hybridized carbons (Fsp3) is 0.375. The van der Waals surface area contributed by atoms with Gasteiger partial charge < -0.3 is 15.3 Å². The summed E-state index contributed by atoms with van der Waals surface area (Å²) in [6, 6.07) is 9.94. The molecule has 2 atom stereocenters. The van der Waals surface area contributed by atoms with E-state index in [1.165, 1.54) is 10.1 Å². The van der Waals surface area contributed by atoms with Crippen LogP contribution in [0.3, 0.4) is 0 Å². The number of carboxylic acid groups (broad SMARTS) is 1. The Kier molecular flexibility index (Phi) is 4.02. The van der Waals surface area contributed by atoms with Crippen LogP contribution in [0.2, 0.25) is 0 Å². The van der Waals surface area contributed by atoms with Gasteiger partial charge in [-0.25, -0.2) is 4.79 Å². The Balaban J connectivity index is 1.65. The summed E-state index contributed by atoms with van der Waals surface area (Å²) in [7, 11) is 0. The molecule has 2 unspecified atom stereocenters. The molecule has 1 aliphatic rings. The lowest BCUT2D eigenvalue weighted by Crippen LogP contribution is -2.39. The van der Waals surface area contributed by atoms with Gasteiger partial charge in [-0.15, -0.1) is 11.3 Å². The van der Waals surface area contributed by atoms with Crippen molar-refractivity contribution in [2.45, 2.75) is 19.4 Å². The van der Waals surface area contributed by atoms with Crippen LogP contribution in [-0.2, 0) is 4.79 Å². The maximum atomic E-state index is 12.2. The number of amides is 2. The average Bonchev–Trinajstić information content (AvgIpc) is 3.14. The minimum atomic E-state index is -0.826. The molecular weight excluding hydrogens is 300 g/mol. The number of carbonyl (C=O) groups excluding carboxylic acids is 1. The second-order valence-electron chi connectivity index (χ2n) is 5.63. The van der Waals surface area contributed by atoms with E-state index in [1.807, 2.05) is 19.1 Å². The average molecular weight is 318 g/mol. The van der Waals surface area contributed by atoms with Gasteiger partial charge in [0.1, 0.15) is 0 Å². The van der Waals surface area contributed by atoms with E-state index in [0.29, 0.717) is 19.5 Å². The largest absolute Gasteiger partial charge is 0.481 e. The number of aliphatic carboxylic acids is 1. The number of hydrogen-bond acceptors (Lipinski definition) is 3. The second kappa shape index (κ2) is 5.96. The monoisotopic (exact) mass is 318 g/mol. The molecule has 0 aliphatic carbocycles. The van der Waals surface area contributed by atoms with Crippen LogP contribution in [0, 0.1) is 5.92 Å².